The molecule has 0 unspecified atom stereocenters. The van der Waals surface area contributed by atoms with E-state index in [4.69, 9.17) is 20.2 Å². The van der Waals surface area contributed by atoms with E-state index in [2.05, 4.69) is 4.98 Å². The third kappa shape index (κ3) is 4.34. The number of hydrogen-bond donors (Lipinski definition) is 0. The van der Waals surface area contributed by atoms with Crippen molar-refractivity contribution >= 4 is 19.7 Å². The first-order valence-corrected chi connectivity index (χ1v) is 6.87. The highest BCUT2D eigenvalue weighted by atomic mass is 35.7. The van der Waals surface area contributed by atoms with Crippen LogP contribution in [0.1, 0.15) is 6.42 Å². The molecular weight excluding hydrogens is 254 g/mol. The molecule has 0 atom stereocenters. The van der Waals surface area contributed by atoms with Crippen LogP contribution in [0.15, 0.2) is 23.2 Å². The van der Waals surface area contributed by atoms with Gasteiger partial charge in [-0.2, -0.15) is 0 Å². The van der Waals surface area contributed by atoms with E-state index in [0.29, 0.717) is 19.1 Å². The second-order valence-electron chi connectivity index (χ2n) is 2.96. The highest BCUT2D eigenvalue weighted by Crippen LogP contribution is 2.16. The highest BCUT2D eigenvalue weighted by Gasteiger charge is 2.09. The maximum absolute atomic E-state index is 10.9. The minimum absolute atomic E-state index is 0.0431. The number of halogens is 1. The minimum atomic E-state index is -3.71. The fourth-order valence-electron chi connectivity index (χ4n) is 0.976. The summed E-state index contributed by atoms with van der Waals surface area (Å²) >= 11 is 0. The second kappa shape index (κ2) is 6.03. The van der Waals surface area contributed by atoms with Gasteiger partial charge in [-0.25, -0.2) is 13.4 Å². The third-order valence-electron chi connectivity index (χ3n) is 1.73. The van der Waals surface area contributed by atoms with Crippen LogP contribution in [-0.2, 0) is 13.8 Å². The predicted molar refractivity (Wildman–Crippen MR) is 59.3 cm³/mol. The zero-order valence-electron chi connectivity index (χ0n) is 8.72. The molecule has 0 fully saturated rings. The topological polar surface area (TPSA) is 65.5 Å². The fourth-order valence-corrected chi connectivity index (χ4v) is 1.66. The van der Waals surface area contributed by atoms with Gasteiger partial charge in [-0.3, -0.25) is 0 Å². The average Bonchev–Trinajstić information content (AvgIpc) is 2.24. The first-order chi connectivity index (χ1) is 7.54. The van der Waals surface area contributed by atoms with Crippen LogP contribution in [-0.4, -0.2) is 33.7 Å². The lowest BCUT2D eigenvalue weighted by Crippen LogP contribution is -2.02. The molecular formula is C9H12ClNO4S. The van der Waals surface area contributed by atoms with E-state index in [1.807, 2.05) is 0 Å². The molecule has 0 bridgehead atoms. The molecule has 0 aliphatic rings. The summed E-state index contributed by atoms with van der Waals surface area (Å²) in [6, 6.07) is 2.81. The van der Waals surface area contributed by atoms with Crippen LogP contribution in [0.2, 0.25) is 0 Å². The van der Waals surface area contributed by atoms with Crippen molar-refractivity contribution in [1.29, 1.82) is 0 Å². The van der Waals surface area contributed by atoms with Crippen molar-refractivity contribution in [2.75, 3.05) is 20.3 Å². The molecule has 1 rings (SSSR count). The number of ether oxygens (including phenoxy) is 2. The van der Waals surface area contributed by atoms with Gasteiger partial charge in [-0.1, -0.05) is 0 Å². The zero-order valence-corrected chi connectivity index (χ0v) is 10.3. The summed E-state index contributed by atoms with van der Waals surface area (Å²) < 4.78 is 31.9. The average molecular weight is 266 g/mol. The Labute approximate surface area is 98.8 Å². The number of aromatic nitrogens is 1. The molecule has 0 amide bonds. The van der Waals surface area contributed by atoms with Crippen molar-refractivity contribution in [2.24, 2.45) is 0 Å². The predicted octanol–water partition coefficient (Wildman–Crippen LogP) is 1.42. The van der Waals surface area contributed by atoms with E-state index < -0.39 is 9.05 Å². The quantitative estimate of drug-likeness (QED) is 0.575. The van der Waals surface area contributed by atoms with Crippen LogP contribution < -0.4 is 4.74 Å². The van der Waals surface area contributed by atoms with Crippen LogP contribution >= 0.6 is 10.7 Å². The van der Waals surface area contributed by atoms with Gasteiger partial charge in [-0.05, 0) is 6.07 Å². The summed E-state index contributed by atoms with van der Waals surface area (Å²) in [4.78, 5) is 3.77. The normalized spacial score (nSPS) is 11.4. The van der Waals surface area contributed by atoms with Gasteiger partial charge in [0.1, 0.15) is 4.90 Å². The van der Waals surface area contributed by atoms with Crippen molar-refractivity contribution in [3.8, 4) is 5.88 Å². The molecule has 0 spiro atoms. The fraction of sp³-hybridized carbons (Fsp3) is 0.444. The SMILES string of the molecule is COCCCOc1ccc(S(=O)(=O)Cl)cn1. The monoisotopic (exact) mass is 265 g/mol. The Morgan fingerprint density at radius 2 is 2.12 bits per heavy atom. The lowest BCUT2D eigenvalue weighted by molar-refractivity contribution is 0.170. The number of rotatable bonds is 6. The first-order valence-electron chi connectivity index (χ1n) is 4.56. The Morgan fingerprint density at radius 3 is 2.62 bits per heavy atom. The lowest BCUT2D eigenvalue weighted by Gasteiger charge is -2.04. The standard InChI is InChI=1S/C9H12ClNO4S/c1-14-5-2-6-15-9-4-3-8(7-11-9)16(10,12)13/h3-4,7H,2,5-6H2,1H3. The van der Waals surface area contributed by atoms with Crippen LogP contribution in [0.4, 0.5) is 0 Å². The molecule has 1 heterocycles. The Morgan fingerprint density at radius 1 is 1.38 bits per heavy atom. The summed E-state index contributed by atoms with van der Waals surface area (Å²) in [5, 5.41) is 0. The Balaban J connectivity index is 2.52. The van der Waals surface area contributed by atoms with Crippen LogP contribution in [0.25, 0.3) is 0 Å². The van der Waals surface area contributed by atoms with Crippen molar-refractivity contribution in [1.82, 2.24) is 4.98 Å². The minimum Gasteiger partial charge on any atom is -0.478 e. The molecule has 0 saturated carbocycles. The van der Waals surface area contributed by atoms with Crippen molar-refractivity contribution < 1.29 is 17.9 Å². The van der Waals surface area contributed by atoms with E-state index in [9.17, 15) is 8.42 Å². The van der Waals surface area contributed by atoms with Crippen molar-refractivity contribution in [3.63, 3.8) is 0 Å². The maximum Gasteiger partial charge on any atom is 0.262 e. The van der Waals surface area contributed by atoms with Crippen molar-refractivity contribution in [3.05, 3.63) is 18.3 Å². The summed E-state index contributed by atoms with van der Waals surface area (Å²) in [6.45, 7) is 1.07. The molecule has 0 radical (unpaired) electrons. The molecule has 1 aromatic rings. The maximum atomic E-state index is 10.9. The first kappa shape index (κ1) is 13.2. The number of methoxy groups -OCH3 is 1. The van der Waals surface area contributed by atoms with E-state index >= 15 is 0 Å². The van der Waals surface area contributed by atoms with E-state index in [-0.39, 0.29) is 4.90 Å². The largest absolute Gasteiger partial charge is 0.478 e. The van der Waals surface area contributed by atoms with E-state index in [0.717, 1.165) is 12.6 Å². The third-order valence-corrected chi connectivity index (χ3v) is 3.07. The van der Waals surface area contributed by atoms with Gasteiger partial charge >= 0.3 is 0 Å². The van der Waals surface area contributed by atoms with Crippen LogP contribution in [0.5, 0.6) is 5.88 Å². The number of pyridine rings is 1. The van der Waals surface area contributed by atoms with Gasteiger partial charge < -0.3 is 9.47 Å². The molecule has 1 aromatic heterocycles. The van der Waals surface area contributed by atoms with Gasteiger partial charge in [-0.15, -0.1) is 0 Å². The molecule has 5 nitrogen and oxygen atoms in total. The summed E-state index contributed by atoms with van der Waals surface area (Å²) in [5.74, 6) is 0.361. The molecule has 0 aliphatic heterocycles. The van der Waals surface area contributed by atoms with Gasteiger partial charge in [0.25, 0.3) is 9.05 Å². The van der Waals surface area contributed by atoms with Gasteiger partial charge in [0.05, 0.1) is 12.8 Å². The second-order valence-corrected chi connectivity index (χ2v) is 5.53. The summed E-state index contributed by atoms with van der Waals surface area (Å²) in [5.41, 5.74) is 0. The van der Waals surface area contributed by atoms with Gasteiger partial charge in [0.15, 0.2) is 0 Å². The molecule has 0 saturated heterocycles. The number of nitrogens with zero attached hydrogens (tertiary/aromatic N) is 1. The van der Waals surface area contributed by atoms with E-state index in [1.54, 1.807) is 7.11 Å². The summed E-state index contributed by atoms with van der Waals surface area (Å²) in [7, 11) is 3.03. The smallest absolute Gasteiger partial charge is 0.262 e. The molecule has 90 valence electrons. The molecule has 0 aromatic carbocycles. The Bertz CT molecular complexity index is 418. The Kier molecular flexibility index (Phi) is 4.98. The number of hydrogen-bond acceptors (Lipinski definition) is 5. The highest BCUT2D eigenvalue weighted by molar-refractivity contribution is 8.13. The van der Waals surface area contributed by atoms with E-state index in [1.165, 1.54) is 12.1 Å². The molecule has 0 N–H and O–H groups in total. The van der Waals surface area contributed by atoms with Gasteiger partial charge in [0, 0.05) is 36.9 Å². The molecule has 16 heavy (non-hydrogen) atoms. The van der Waals surface area contributed by atoms with Crippen LogP contribution in [0.3, 0.4) is 0 Å². The van der Waals surface area contributed by atoms with Crippen LogP contribution in [0, 0.1) is 0 Å². The lowest BCUT2D eigenvalue weighted by atomic mass is 10.4. The zero-order chi connectivity index (χ0) is 12.0. The summed E-state index contributed by atoms with van der Waals surface area (Å²) in [6.07, 6.45) is 1.90. The molecule has 0 aliphatic carbocycles. The van der Waals surface area contributed by atoms with Gasteiger partial charge in [0.2, 0.25) is 5.88 Å². The molecule has 7 heteroatoms. The Hall–Kier alpha value is -0.850. The van der Waals surface area contributed by atoms with Crippen molar-refractivity contribution in [2.45, 2.75) is 11.3 Å².